The number of carbonyl (C=O) groups is 4. The van der Waals surface area contributed by atoms with Gasteiger partial charge in [0.25, 0.3) is 5.91 Å². The number of hydrogen-bond donors (Lipinski definition) is 1. The average Bonchev–Trinajstić information content (AvgIpc) is 3.38. The van der Waals surface area contributed by atoms with Crippen LogP contribution >= 0.6 is 15.9 Å². The Bertz CT molecular complexity index is 896. The minimum Gasteiger partial charge on any atom is -0.454 e. The molecule has 7 nitrogen and oxygen atoms in total. The molecule has 2 fully saturated rings. The highest BCUT2D eigenvalue weighted by atomic mass is 79.9. The normalized spacial score (nSPS) is 27.5. The molecule has 1 saturated heterocycles. The molecular formula is C22H23BrN2O5. The Morgan fingerprint density at radius 1 is 1.10 bits per heavy atom. The van der Waals surface area contributed by atoms with Crippen molar-refractivity contribution in [2.45, 2.75) is 26.3 Å². The lowest BCUT2D eigenvalue weighted by atomic mass is 9.85. The van der Waals surface area contributed by atoms with Gasteiger partial charge in [-0.25, -0.2) is 4.79 Å². The Morgan fingerprint density at radius 2 is 1.67 bits per heavy atom. The molecular weight excluding hydrogens is 452 g/mol. The second-order valence-electron chi connectivity index (χ2n) is 8.40. The van der Waals surface area contributed by atoms with Crippen LogP contribution in [-0.2, 0) is 23.9 Å². The van der Waals surface area contributed by atoms with Crippen LogP contribution in [0.5, 0.6) is 0 Å². The highest BCUT2D eigenvalue weighted by Crippen LogP contribution is 2.53. The fourth-order valence-electron chi connectivity index (χ4n) is 4.83. The number of allylic oxidation sites excluding steroid dienone is 2. The molecule has 1 aliphatic heterocycles. The van der Waals surface area contributed by atoms with Crippen molar-refractivity contribution >= 4 is 45.3 Å². The summed E-state index contributed by atoms with van der Waals surface area (Å²) in [5.74, 6) is -2.75. The number of rotatable bonds is 6. The van der Waals surface area contributed by atoms with E-state index in [1.807, 2.05) is 12.2 Å². The molecule has 30 heavy (non-hydrogen) atoms. The van der Waals surface area contributed by atoms with Crippen LogP contribution in [-0.4, -0.2) is 41.2 Å². The third-order valence-electron chi connectivity index (χ3n) is 6.13. The summed E-state index contributed by atoms with van der Waals surface area (Å²) in [4.78, 5) is 52.1. The molecule has 0 unspecified atom stereocenters. The predicted octanol–water partition coefficient (Wildman–Crippen LogP) is 2.76. The number of amides is 3. The molecule has 3 amide bonds. The summed E-state index contributed by atoms with van der Waals surface area (Å²) in [5.41, 5.74) is 0.570. The van der Waals surface area contributed by atoms with Crippen molar-refractivity contribution in [3.63, 3.8) is 0 Å². The summed E-state index contributed by atoms with van der Waals surface area (Å²) in [7, 11) is 0. The number of likely N-dealkylation sites (tertiary alicyclic amines) is 1. The van der Waals surface area contributed by atoms with Gasteiger partial charge in [-0.2, -0.15) is 0 Å². The third kappa shape index (κ3) is 3.57. The number of anilines is 1. The number of fused-ring (bicyclic) bond motifs is 5. The fraction of sp³-hybridized carbons (Fsp3) is 0.455. The van der Waals surface area contributed by atoms with E-state index in [0.717, 1.165) is 15.8 Å². The quantitative estimate of drug-likeness (QED) is 0.388. The van der Waals surface area contributed by atoms with Crippen molar-refractivity contribution in [3.8, 4) is 0 Å². The number of halogens is 1. The molecule has 0 spiro atoms. The Kier molecular flexibility index (Phi) is 5.53. The standard InChI is InChI=1S/C22H23BrN2O5/c1-11(2)19(22(29)30-10-16(26)24-15-7-5-14(23)6-8-15)25-20(27)17-12-3-4-13(9-12)18(17)21(25)28/h3-8,11-13,17-19H,9-10H2,1-2H3,(H,24,26)/t12-,13-,17-,18+,19-/m0/s1. The maximum atomic E-state index is 13.0. The van der Waals surface area contributed by atoms with Crippen LogP contribution in [0.1, 0.15) is 20.3 Å². The van der Waals surface area contributed by atoms with E-state index >= 15 is 0 Å². The summed E-state index contributed by atoms with van der Waals surface area (Å²) in [5, 5.41) is 2.64. The summed E-state index contributed by atoms with van der Waals surface area (Å²) < 4.78 is 6.08. The van der Waals surface area contributed by atoms with Gasteiger partial charge in [0.05, 0.1) is 11.8 Å². The van der Waals surface area contributed by atoms with Crippen molar-refractivity contribution in [1.82, 2.24) is 4.90 Å². The first kappa shape index (κ1) is 20.8. The Balaban J connectivity index is 1.41. The van der Waals surface area contributed by atoms with Gasteiger partial charge in [0, 0.05) is 10.2 Å². The molecule has 1 aromatic rings. The lowest BCUT2D eigenvalue weighted by Crippen LogP contribution is -2.50. The second kappa shape index (κ2) is 7.98. The minimum atomic E-state index is -1.03. The van der Waals surface area contributed by atoms with E-state index in [2.05, 4.69) is 21.2 Å². The first-order valence-electron chi connectivity index (χ1n) is 10.0. The number of nitrogens with one attached hydrogen (secondary N) is 1. The van der Waals surface area contributed by atoms with Crippen molar-refractivity contribution < 1.29 is 23.9 Å². The van der Waals surface area contributed by atoms with Gasteiger partial charge in [-0.1, -0.05) is 41.9 Å². The van der Waals surface area contributed by atoms with E-state index < -0.39 is 24.5 Å². The molecule has 1 saturated carbocycles. The molecule has 158 valence electrons. The topological polar surface area (TPSA) is 92.8 Å². The highest BCUT2D eigenvalue weighted by Gasteiger charge is 2.61. The van der Waals surface area contributed by atoms with E-state index in [1.165, 1.54) is 0 Å². The first-order chi connectivity index (χ1) is 14.3. The fourth-order valence-corrected chi connectivity index (χ4v) is 5.09. The molecule has 1 aromatic carbocycles. The zero-order valence-corrected chi connectivity index (χ0v) is 18.3. The summed E-state index contributed by atoms with van der Waals surface area (Å²) in [6, 6.07) is 5.95. The summed E-state index contributed by atoms with van der Waals surface area (Å²) >= 11 is 3.32. The largest absolute Gasteiger partial charge is 0.454 e. The van der Waals surface area contributed by atoms with E-state index in [9.17, 15) is 19.2 Å². The van der Waals surface area contributed by atoms with E-state index in [-0.39, 0.29) is 41.4 Å². The van der Waals surface area contributed by atoms with Crippen molar-refractivity contribution in [2.75, 3.05) is 11.9 Å². The number of benzene rings is 1. The van der Waals surface area contributed by atoms with Gasteiger partial charge in [-0.05, 0) is 48.4 Å². The Hall–Kier alpha value is -2.48. The van der Waals surface area contributed by atoms with Crippen molar-refractivity contribution in [3.05, 3.63) is 40.9 Å². The Labute approximate surface area is 183 Å². The molecule has 0 aromatic heterocycles. The molecule has 4 rings (SSSR count). The van der Waals surface area contributed by atoms with E-state index in [1.54, 1.807) is 38.1 Å². The molecule has 0 radical (unpaired) electrons. The van der Waals surface area contributed by atoms with Crippen LogP contribution in [0.25, 0.3) is 0 Å². The molecule has 2 aliphatic carbocycles. The van der Waals surface area contributed by atoms with Gasteiger partial charge >= 0.3 is 5.97 Å². The van der Waals surface area contributed by atoms with Crippen molar-refractivity contribution in [2.24, 2.45) is 29.6 Å². The highest BCUT2D eigenvalue weighted by molar-refractivity contribution is 9.10. The molecule has 1 N–H and O–H groups in total. The molecule has 8 heteroatoms. The SMILES string of the molecule is CC(C)[C@@H](C(=O)OCC(=O)Nc1ccc(Br)cc1)N1C(=O)[C@@H]2[C@H](C1=O)[C@H]1C=C[C@H]2C1. The summed E-state index contributed by atoms with van der Waals surface area (Å²) in [6.45, 7) is 3.03. The van der Waals surface area contributed by atoms with Crippen LogP contribution in [0.2, 0.25) is 0 Å². The van der Waals surface area contributed by atoms with Gasteiger partial charge in [-0.15, -0.1) is 0 Å². The van der Waals surface area contributed by atoms with Gasteiger partial charge in [-0.3, -0.25) is 19.3 Å². The van der Waals surface area contributed by atoms with Crippen LogP contribution in [0.4, 0.5) is 5.69 Å². The monoisotopic (exact) mass is 474 g/mol. The number of esters is 1. The smallest absolute Gasteiger partial charge is 0.330 e. The van der Waals surface area contributed by atoms with Crippen LogP contribution in [0, 0.1) is 29.6 Å². The predicted molar refractivity (Wildman–Crippen MR) is 112 cm³/mol. The van der Waals surface area contributed by atoms with E-state index in [4.69, 9.17) is 4.74 Å². The number of hydrogen-bond acceptors (Lipinski definition) is 5. The third-order valence-corrected chi connectivity index (χ3v) is 6.66. The van der Waals surface area contributed by atoms with E-state index in [0.29, 0.717) is 5.69 Å². The number of carbonyl (C=O) groups excluding carboxylic acids is 4. The molecule has 3 aliphatic rings. The summed E-state index contributed by atoms with van der Waals surface area (Å²) in [6.07, 6.45) is 4.85. The lowest BCUT2D eigenvalue weighted by Gasteiger charge is -2.28. The van der Waals surface area contributed by atoms with Gasteiger partial charge in [0.15, 0.2) is 6.61 Å². The Morgan fingerprint density at radius 3 is 2.20 bits per heavy atom. The maximum absolute atomic E-state index is 13.0. The number of ether oxygens (including phenoxy) is 1. The molecule has 5 atom stereocenters. The van der Waals surface area contributed by atoms with Crippen LogP contribution < -0.4 is 5.32 Å². The zero-order valence-electron chi connectivity index (χ0n) is 16.7. The van der Waals surface area contributed by atoms with Gasteiger partial charge in [0.1, 0.15) is 6.04 Å². The van der Waals surface area contributed by atoms with Gasteiger partial charge in [0.2, 0.25) is 11.8 Å². The lowest BCUT2D eigenvalue weighted by molar-refractivity contribution is -0.162. The molecule has 1 heterocycles. The van der Waals surface area contributed by atoms with Crippen molar-refractivity contribution in [1.29, 1.82) is 0 Å². The first-order valence-corrected chi connectivity index (χ1v) is 10.8. The minimum absolute atomic E-state index is 0.0713. The zero-order chi connectivity index (χ0) is 21.6. The maximum Gasteiger partial charge on any atom is 0.330 e. The van der Waals surface area contributed by atoms with Crippen LogP contribution in [0.15, 0.2) is 40.9 Å². The average molecular weight is 475 g/mol. The van der Waals surface area contributed by atoms with Gasteiger partial charge < -0.3 is 10.1 Å². The van der Waals surface area contributed by atoms with Crippen LogP contribution in [0.3, 0.4) is 0 Å². The molecule has 2 bridgehead atoms. The second-order valence-corrected chi connectivity index (χ2v) is 9.31. The number of nitrogens with zero attached hydrogens (tertiary/aromatic N) is 1. The number of imide groups is 1.